The first-order chi connectivity index (χ1) is 11.5. The lowest BCUT2D eigenvalue weighted by atomic mass is 10.1. The fraction of sp³-hybridized carbons (Fsp3) is 0.263. The van der Waals surface area contributed by atoms with Gasteiger partial charge in [-0.2, -0.15) is 0 Å². The van der Waals surface area contributed by atoms with Crippen molar-refractivity contribution in [2.45, 2.75) is 25.8 Å². The van der Waals surface area contributed by atoms with E-state index in [0.717, 1.165) is 15.6 Å². The molecule has 0 heterocycles. The quantitative estimate of drug-likeness (QED) is 0.753. The fourth-order valence-corrected chi connectivity index (χ4v) is 2.89. The number of carbonyl (C=O) groups excluding carboxylic acids is 2. The molecular weight excluding hydrogens is 368 g/mol. The number of nitrogens with two attached hydrogens (primary N) is 1. The molecule has 0 aliphatic rings. The number of aryl methyl sites for hydroxylation is 1. The predicted octanol–water partition coefficient (Wildman–Crippen LogP) is 3.29. The SMILES string of the molecule is NC(=O)CCN(Cc1ccccc1)C(=O)CCc1cccc(Br)c1. The molecule has 0 bridgehead atoms. The molecule has 0 aliphatic heterocycles. The lowest BCUT2D eigenvalue weighted by Gasteiger charge is -2.22. The topological polar surface area (TPSA) is 63.4 Å². The molecule has 0 aromatic heterocycles. The molecule has 2 amide bonds. The molecule has 0 unspecified atom stereocenters. The van der Waals surface area contributed by atoms with Gasteiger partial charge in [0.2, 0.25) is 11.8 Å². The van der Waals surface area contributed by atoms with Gasteiger partial charge in [-0.3, -0.25) is 9.59 Å². The zero-order valence-electron chi connectivity index (χ0n) is 13.5. The summed E-state index contributed by atoms with van der Waals surface area (Å²) in [6, 6.07) is 17.7. The minimum absolute atomic E-state index is 0.0279. The zero-order valence-corrected chi connectivity index (χ0v) is 15.0. The lowest BCUT2D eigenvalue weighted by Crippen LogP contribution is -2.33. The van der Waals surface area contributed by atoms with Crippen LogP contribution in [0.3, 0.4) is 0 Å². The highest BCUT2D eigenvalue weighted by molar-refractivity contribution is 9.10. The summed E-state index contributed by atoms with van der Waals surface area (Å²) in [5, 5.41) is 0. The van der Waals surface area contributed by atoms with Crippen LogP contribution in [-0.4, -0.2) is 23.3 Å². The van der Waals surface area contributed by atoms with Crippen molar-refractivity contribution in [1.29, 1.82) is 0 Å². The van der Waals surface area contributed by atoms with Crippen molar-refractivity contribution >= 4 is 27.7 Å². The van der Waals surface area contributed by atoms with Gasteiger partial charge in [-0.25, -0.2) is 0 Å². The van der Waals surface area contributed by atoms with Crippen LogP contribution >= 0.6 is 15.9 Å². The Labute approximate surface area is 150 Å². The Hall–Kier alpha value is -2.14. The molecule has 0 spiro atoms. The minimum Gasteiger partial charge on any atom is -0.370 e. The van der Waals surface area contributed by atoms with Crippen molar-refractivity contribution in [3.05, 3.63) is 70.2 Å². The molecule has 2 aromatic carbocycles. The third kappa shape index (κ3) is 6.16. The molecule has 0 atom stereocenters. The van der Waals surface area contributed by atoms with Crippen LogP contribution in [0.4, 0.5) is 0 Å². The van der Waals surface area contributed by atoms with Crippen LogP contribution < -0.4 is 5.73 Å². The molecule has 2 rings (SSSR count). The predicted molar refractivity (Wildman–Crippen MR) is 98.1 cm³/mol. The molecule has 4 nitrogen and oxygen atoms in total. The standard InChI is InChI=1S/C19H21BrN2O2/c20-17-8-4-7-15(13-17)9-10-19(24)22(12-11-18(21)23)14-16-5-2-1-3-6-16/h1-8,13H,9-12,14H2,(H2,21,23). The summed E-state index contributed by atoms with van der Waals surface area (Å²) >= 11 is 3.44. The van der Waals surface area contributed by atoms with Crippen molar-refractivity contribution in [2.75, 3.05) is 6.54 Å². The van der Waals surface area contributed by atoms with Crippen molar-refractivity contribution < 1.29 is 9.59 Å². The fourth-order valence-electron chi connectivity index (χ4n) is 2.44. The maximum atomic E-state index is 12.6. The van der Waals surface area contributed by atoms with Gasteiger partial charge in [0.1, 0.15) is 0 Å². The average Bonchev–Trinajstić information content (AvgIpc) is 2.57. The van der Waals surface area contributed by atoms with E-state index in [2.05, 4.69) is 15.9 Å². The third-order valence-electron chi connectivity index (χ3n) is 3.71. The first-order valence-electron chi connectivity index (χ1n) is 7.89. The molecule has 2 N–H and O–H groups in total. The molecule has 2 aromatic rings. The number of rotatable bonds is 8. The highest BCUT2D eigenvalue weighted by Crippen LogP contribution is 2.14. The van der Waals surface area contributed by atoms with Crippen LogP contribution in [0.1, 0.15) is 24.0 Å². The van der Waals surface area contributed by atoms with Gasteiger partial charge >= 0.3 is 0 Å². The number of hydrogen-bond acceptors (Lipinski definition) is 2. The molecular formula is C19H21BrN2O2. The number of primary amides is 1. The number of nitrogens with zero attached hydrogens (tertiary/aromatic N) is 1. The monoisotopic (exact) mass is 388 g/mol. The number of halogens is 1. The number of hydrogen-bond donors (Lipinski definition) is 1. The molecule has 0 aliphatic carbocycles. The van der Waals surface area contributed by atoms with Gasteiger partial charge in [0.25, 0.3) is 0 Å². The highest BCUT2D eigenvalue weighted by atomic mass is 79.9. The van der Waals surface area contributed by atoms with E-state index in [1.54, 1.807) is 4.90 Å². The zero-order chi connectivity index (χ0) is 17.4. The lowest BCUT2D eigenvalue weighted by molar-refractivity contribution is -0.132. The highest BCUT2D eigenvalue weighted by Gasteiger charge is 2.15. The summed E-state index contributed by atoms with van der Waals surface area (Å²) in [6.07, 6.45) is 1.25. The molecule has 0 saturated heterocycles. The summed E-state index contributed by atoms with van der Waals surface area (Å²) in [5.74, 6) is -0.368. The van der Waals surface area contributed by atoms with Crippen molar-refractivity contribution in [2.24, 2.45) is 5.73 Å². The minimum atomic E-state index is -0.396. The smallest absolute Gasteiger partial charge is 0.223 e. The van der Waals surface area contributed by atoms with Crippen molar-refractivity contribution in [1.82, 2.24) is 4.90 Å². The van der Waals surface area contributed by atoms with E-state index in [4.69, 9.17) is 5.73 Å². The Morgan fingerprint density at radius 2 is 1.67 bits per heavy atom. The molecule has 126 valence electrons. The van der Waals surface area contributed by atoms with Gasteiger partial charge in [-0.15, -0.1) is 0 Å². The van der Waals surface area contributed by atoms with E-state index in [1.807, 2.05) is 54.6 Å². The maximum absolute atomic E-state index is 12.6. The second-order valence-corrected chi connectivity index (χ2v) is 6.56. The summed E-state index contributed by atoms with van der Waals surface area (Å²) in [7, 11) is 0. The summed E-state index contributed by atoms with van der Waals surface area (Å²) in [6.45, 7) is 0.840. The third-order valence-corrected chi connectivity index (χ3v) is 4.21. The Bertz CT molecular complexity index is 689. The van der Waals surface area contributed by atoms with Gasteiger partial charge in [0, 0.05) is 30.4 Å². The maximum Gasteiger partial charge on any atom is 0.223 e. The van der Waals surface area contributed by atoms with Crippen LogP contribution in [0.2, 0.25) is 0 Å². The average molecular weight is 389 g/mol. The molecule has 5 heteroatoms. The van der Waals surface area contributed by atoms with E-state index in [1.165, 1.54) is 0 Å². The van der Waals surface area contributed by atoms with Gasteiger partial charge < -0.3 is 10.6 Å². The van der Waals surface area contributed by atoms with E-state index in [0.29, 0.717) is 25.9 Å². The van der Waals surface area contributed by atoms with Gasteiger partial charge in [0.15, 0.2) is 0 Å². The molecule has 0 saturated carbocycles. The number of amides is 2. The Morgan fingerprint density at radius 3 is 2.33 bits per heavy atom. The van der Waals surface area contributed by atoms with Crippen molar-refractivity contribution in [3.63, 3.8) is 0 Å². The Balaban J connectivity index is 1.99. The first kappa shape index (κ1) is 18.2. The van der Waals surface area contributed by atoms with Gasteiger partial charge in [-0.1, -0.05) is 58.4 Å². The van der Waals surface area contributed by atoms with Crippen LogP contribution in [0, 0.1) is 0 Å². The largest absolute Gasteiger partial charge is 0.370 e. The first-order valence-corrected chi connectivity index (χ1v) is 8.68. The number of carbonyl (C=O) groups is 2. The Morgan fingerprint density at radius 1 is 0.958 bits per heavy atom. The molecule has 0 fully saturated rings. The van der Waals surface area contributed by atoms with Crippen LogP contribution in [0.15, 0.2) is 59.1 Å². The summed E-state index contributed by atoms with van der Waals surface area (Å²) in [5.41, 5.74) is 7.38. The van der Waals surface area contributed by atoms with Gasteiger partial charge in [-0.05, 0) is 29.7 Å². The summed E-state index contributed by atoms with van der Waals surface area (Å²) < 4.78 is 1.00. The van der Waals surface area contributed by atoms with E-state index >= 15 is 0 Å². The van der Waals surface area contributed by atoms with E-state index in [9.17, 15) is 9.59 Å². The second-order valence-electron chi connectivity index (χ2n) is 5.65. The summed E-state index contributed by atoms with van der Waals surface area (Å²) in [4.78, 5) is 25.4. The molecule has 0 radical (unpaired) electrons. The van der Waals surface area contributed by atoms with Crippen LogP contribution in [-0.2, 0) is 22.6 Å². The normalized spacial score (nSPS) is 10.4. The van der Waals surface area contributed by atoms with E-state index < -0.39 is 5.91 Å². The number of benzene rings is 2. The Kier molecular flexibility index (Phi) is 7.00. The van der Waals surface area contributed by atoms with Crippen molar-refractivity contribution in [3.8, 4) is 0 Å². The second kappa shape index (κ2) is 9.23. The van der Waals surface area contributed by atoms with E-state index in [-0.39, 0.29) is 12.3 Å². The van der Waals surface area contributed by atoms with Crippen LogP contribution in [0.5, 0.6) is 0 Å². The van der Waals surface area contributed by atoms with Crippen LogP contribution in [0.25, 0.3) is 0 Å². The van der Waals surface area contributed by atoms with Gasteiger partial charge in [0.05, 0.1) is 0 Å². The molecule has 24 heavy (non-hydrogen) atoms.